The maximum atomic E-state index is 12.1. The van der Waals surface area contributed by atoms with Gasteiger partial charge < -0.3 is 15.4 Å². The van der Waals surface area contributed by atoms with E-state index in [-0.39, 0.29) is 24.4 Å². The molecule has 0 aliphatic carbocycles. The molecule has 0 radical (unpaired) electrons. The maximum absolute atomic E-state index is 12.1. The number of ether oxygens (including phenoxy) is 1. The summed E-state index contributed by atoms with van der Waals surface area (Å²) in [6.45, 7) is 4.20. The Morgan fingerprint density at radius 3 is 3.00 bits per heavy atom. The lowest BCUT2D eigenvalue weighted by molar-refractivity contribution is -0.121. The van der Waals surface area contributed by atoms with E-state index in [1.165, 1.54) is 12.8 Å². The number of halogens is 1. The fourth-order valence-electron chi connectivity index (χ4n) is 2.70. The lowest BCUT2D eigenvalue weighted by atomic mass is 9.92. The summed E-state index contributed by atoms with van der Waals surface area (Å²) in [5.74, 6) is 1.41. The quantitative estimate of drug-likeness (QED) is 0.876. The number of nitrogens with one attached hydrogen (secondary N) is 2. The van der Waals surface area contributed by atoms with Crippen LogP contribution in [0.3, 0.4) is 0 Å². The smallest absolute Gasteiger partial charge is 0.224 e. The van der Waals surface area contributed by atoms with Gasteiger partial charge >= 0.3 is 0 Å². The van der Waals surface area contributed by atoms with Gasteiger partial charge in [0.1, 0.15) is 5.75 Å². The van der Waals surface area contributed by atoms with Crippen LogP contribution in [-0.2, 0) is 11.2 Å². The van der Waals surface area contributed by atoms with E-state index < -0.39 is 0 Å². The average molecular weight is 313 g/mol. The number of amides is 1. The van der Waals surface area contributed by atoms with E-state index in [0.717, 1.165) is 24.4 Å². The number of rotatable bonds is 5. The second kappa shape index (κ2) is 8.90. The third-order valence-corrected chi connectivity index (χ3v) is 3.93. The molecule has 1 heterocycles. The normalized spacial score (nSPS) is 19.2. The van der Waals surface area contributed by atoms with E-state index in [4.69, 9.17) is 4.74 Å². The number of hydrogen-bond acceptors (Lipinski definition) is 3. The summed E-state index contributed by atoms with van der Waals surface area (Å²) in [4.78, 5) is 12.1. The highest BCUT2D eigenvalue weighted by molar-refractivity contribution is 5.85. The van der Waals surface area contributed by atoms with Gasteiger partial charge in [-0.2, -0.15) is 0 Å². The van der Waals surface area contributed by atoms with Gasteiger partial charge in [-0.3, -0.25) is 4.79 Å². The minimum atomic E-state index is 0. The van der Waals surface area contributed by atoms with Crippen molar-refractivity contribution in [3.63, 3.8) is 0 Å². The third kappa shape index (κ3) is 5.56. The zero-order chi connectivity index (χ0) is 14.4. The number of hydrogen-bond donors (Lipinski definition) is 2. The predicted octanol–water partition coefficient (Wildman–Crippen LogP) is 2.16. The molecule has 0 saturated carbocycles. The lowest BCUT2D eigenvalue weighted by Crippen LogP contribution is -2.45. The molecule has 2 N–H and O–H groups in total. The van der Waals surface area contributed by atoms with Crippen LogP contribution < -0.4 is 15.4 Å². The Bertz CT molecular complexity index is 448. The van der Waals surface area contributed by atoms with Crippen molar-refractivity contribution in [1.29, 1.82) is 0 Å². The molecular formula is C16H25ClN2O2. The summed E-state index contributed by atoms with van der Waals surface area (Å²) in [6.07, 6.45) is 2.79. The SMILES string of the molecule is COc1cccc(CC(=O)NC(C)C2CCCNC2)c1.Cl. The third-order valence-electron chi connectivity index (χ3n) is 3.93. The Balaban J connectivity index is 0.00000220. The van der Waals surface area contributed by atoms with Crippen molar-refractivity contribution < 1.29 is 9.53 Å². The van der Waals surface area contributed by atoms with E-state index in [9.17, 15) is 4.79 Å². The molecule has 0 bridgehead atoms. The van der Waals surface area contributed by atoms with Crippen molar-refractivity contribution in [2.75, 3.05) is 20.2 Å². The molecule has 2 rings (SSSR count). The van der Waals surface area contributed by atoms with E-state index in [2.05, 4.69) is 17.6 Å². The van der Waals surface area contributed by atoms with Gasteiger partial charge in [-0.05, 0) is 56.5 Å². The highest BCUT2D eigenvalue weighted by atomic mass is 35.5. The lowest BCUT2D eigenvalue weighted by Gasteiger charge is -2.29. The summed E-state index contributed by atoms with van der Waals surface area (Å²) in [7, 11) is 1.64. The maximum Gasteiger partial charge on any atom is 0.224 e. The van der Waals surface area contributed by atoms with E-state index >= 15 is 0 Å². The fourth-order valence-corrected chi connectivity index (χ4v) is 2.70. The average Bonchev–Trinajstić information content (AvgIpc) is 2.48. The van der Waals surface area contributed by atoms with Crippen LogP contribution in [0.15, 0.2) is 24.3 Å². The first kappa shape index (κ1) is 17.8. The Morgan fingerprint density at radius 2 is 2.33 bits per heavy atom. The summed E-state index contributed by atoms with van der Waals surface area (Å²) in [5, 5.41) is 6.50. The van der Waals surface area contributed by atoms with Crippen molar-refractivity contribution in [1.82, 2.24) is 10.6 Å². The van der Waals surface area contributed by atoms with Gasteiger partial charge in [0.15, 0.2) is 0 Å². The summed E-state index contributed by atoms with van der Waals surface area (Å²) >= 11 is 0. The van der Waals surface area contributed by atoms with Crippen LogP contribution in [0, 0.1) is 5.92 Å². The van der Waals surface area contributed by atoms with Crippen molar-refractivity contribution in [2.24, 2.45) is 5.92 Å². The van der Waals surface area contributed by atoms with E-state index in [1.54, 1.807) is 7.11 Å². The fraction of sp³-hybridized carbons (Fsp3) is 0.562. The zero-order valence-corrected chi connectivity index (χ0v) is 13.5. The molecule has 1 aliphatic heterocycles. The molecule has 118 valence electrons. The number of carbonyl (C=O) groups excluding carboxylic acids is 1. The Hall–Kier alpha value is -1.26. The number of methoxy groups -OCH3 is 1. The van der Waals surface area contributed by atoms with E-state index in [0.29, 0.717) is 12.3 Å². The van der Waals surface area contributed by atoms with E-state index in [1.807, 2.05) is 24.3 Å². The van der Waals surface area contributed by atoms with Gasteiger partial charge in [0.05, 0.1) is 13.5 Å². The number of benzene rings is 1. The van der Waals surface area contributed by atoms with Crippen LogP contribution in [-0.4, -0.2) is 32.1 Å². The second-order valence-electron chi connectivity index (χ2n) is 5.49. The first-order chi connectivity index (χ1) is 9.69. The number of piperidine rings is 1. The van der Waals surface area contributed by atoms with Gasteiger partial charge in [-0.1, -0.05) is 12.1 Å². The first-order valence-electron chi connectivity index (χ1n) is 7.32. The highest BCUT2D eigenvalue weighted by Crippen LogP contribution is 2.15. The van der Waals surface area contributed by atoms with Crippen molar-refractivity contribution >= 4 is 18.3 Å². The molecule has 1 aromatic rings. The zero-order valence-electron chi connectivity index (χ0n) is 12.7. The molecule has 4 nitrogen and oxygen atoms in total. The van der Waals surface area contributed by atoms with Crippen LogP contribution in [0.25, 0.3) is 0 Å². The van der Waals surface area contributed by atoms with Crippen molar-refractivity contribution in [3.05, 3.63) is 29.8 Å². The Kier molecular flexibility index (Phi) is 7.54. The molecule has 21 heavy (non-hydrogen) atoms. The topological polar surface area (TPSA) is 50.4 Å². The minimum absolute atomic E-state index is 0. The highest BCUT2D eigenvalue weighted by Gasteiger charge is 2.21. The van der Waals surface area contributed by atoms with Gasteiger partial charge in [0, 0.05) is 6.04 Å². The van der Waals surface area contributed by atoms with Gasteiger partial charge in [0.2, 0.25) is 5.91 Å². The van der Waals surface area contributed by atoms with Gasteiger partial charge in [-0.15, -0.1) is 12.4 Å². The Morgan fingerprint density at radius 1 is 1.52 bits per heavy atom. The first-order valence-corrected chi connectivity index (χ1v) is 7.32. The predicted molar refractivity (Wildman–Crippen MR) is 87.1 cm³/mol. The standard InChI is InChI=1S/C16H24N2O2.ClH/c1-12(14-6-4-8-17-11-14)18-16(19)10-13-5-3-7-15(9-13)20-2;/h3,5,7,9,12,14,17H,4,6,8,10-11H2,1-2H3,(H,18,19);1H. The Labute approximate surface area is 133 Å². The number of carbonyl (C=O) groups is 1. The molecule has 1 aliphatic rings. The summed E-state index contributed by atoms with van der Waals surface area (Å²) in [5.41, 5.74) is 0.982. The molecule has 1 fully saturated rings. The molecule has 1 aromatic carbocycles. The van der Waals surface area contributed by atoms with Crippen LogP contribution in [0.1, 0.15) is 25.3 Å². The molecule has 1 amide bonds. The van der Waals surface area contributed by atoms with Gasteiger partial charge in [-0.25, -0.2) is 0 Å². The molecule has 2 atom stereocenters. The molecule has 0 spiro atoms. The van der Waals surface area contributed by atoms with Crippen LogP contribution in [0.4, 0.5) is 0 Å². The largest absolute Gasteiger partial charge is 0.497 e. The molecule has 1 saturated heterocycles. The van der Waals surface area contributed by atoms with Crippen LogP contribution in [0.2, 0.25) is 0 Å². The minimum Gasteiger partial charge on any atom is -0.497 e. The second-order valence-corrected chi connectivity index (χ2v) is 5.49. The molecule has 5 heteroatoms. The molecular weight excluding hydrogens is 288 g/mol. The summed E-state index contributed by atoms with van der Waals surface area (Å²) in [6, 6.07) is 7.88. The van der Waals surface area contributed by atoms with Crippen LogP contribution in [0.5, 0.6) is 5.75 Å². The van der Waals surface area contributed by atoms with Crippen molar-refractivity contribution in [3.8, 4) is 5.75 Å². The molecule has 0 aromatic heterocycles. The van der Waals surface area contributed by atoms with Crippen molar-refractivity contribution in [2.45, 2.75) is 32.2 Å². The summed E-state index contributed by atoms with van der Waals surface area (Å²) < 4.78 is 5.17. The van der Waals surface area contributed by atoms with Crippen LogP contribution >= 0.6 is 12.4 Å². The van der Waals surface area contributed by atoms with Gasteiger partial charge in [0.25, 0.3) is 0 Å². The molecule has 2 unspecified atom stereocenters. The monoisotopic (exact) mass is 312 g/mol.